The molecule has 0 amide bonds. The summed E-state index contributed by atoms with van der Waals surface area (Å²) >= 11 is 0. The number of methoxy groups -OCH3 is 2. The fourth-order valence-electron chi connectivity index (χ4n) is 2.55. The monoisotopic (exact) mass is 366 g/mol. The molecule has 0 aliphatic carbocycles. The van der Waals surface area contributed by atoms with Crippen LogP contribution in [0.5, 0.6) is 23.5 Å². The summed E-state index contributed by atoms with van der Waals surface area (Å²) in [5.41, 5.74) is 2.41. The average molecular weight is 366 g/mol. The maximum Gasteiger partial charge on any atom is 0.340 e. The number of benzene rings is 2. The van der Waals surface area contributed by atoms with Crippen molar-refractivity contribution in [2.24, 2.45) is 0 Å². The minimum Gasteiger partial charge on any atom is -0.481 e. The van der Waals surface area contributed by atoms with Gasteiger partial charge in [-0.3, -0.25) is 0 Å². The van der Waals surface area contributed by atoms with Crippen LogP contribution in [0.3, 0.4) is 0 Å². The second kappa shape index (κ2) is 7.74. The zero-order chi connectivity index (χ0) is 19.4. The fourth-order valence-corrected chi connectivity index (χ4v) is 2.55. The first kappa shape index (κ1) is 18.2. The first-order valence-electron chi connectivity index (χ1n) is 8.10. The number of carboxylic acids is 1. The van der Waals surface area contributed by atoms with Crippen molar-refractivity contribution >= 4 is 5.97 Å². The number of hydrogen-bond acceptors (Lipinski definition) is 6. The van der Waals surface area contributed by atoms with E-state index >= 15 is 0 Å². The van der Waals surface area contributed by atoms with Crippen LogP contribution in [0.4, 0.5) is 0 Å². The Morgan fingerprint density at radius 2 is 1.59 bits per heavy atom. The minimum atomic E-state index is -1.11. The quantitative estimate of drug-likeness (QED) is 0.706. The van der Waals surface area contributed by atoms with Gasteiger partial charge in [-0.15, -0.1) is 0 Å². The van der Waals surface area contributed by atoms with E-state index in [4.69, 9.17) is 14.2 Å². The first-order chi connectivity index (χ1) is 13.0. The van der Waals surface area contributed by atoms with E-state index in [1.54, 1.807) is 18.2 Å². The van der Waals surface area contributed by atoms with Gasteiger partial charge in [0.2, 0.25) is 11.8 Å². The van der Waals surface area contributed by atoms with Crippen LogP contribution in [0.15, 0.2) is 48.5 Å². The Hall–Kier alpha value is -3.61. The third-order valence-corrected chi connectivity index (χ3v) is 3.88. The van der Waals surface area contributed by atoms with E-state index < -0.39 is 5.97 Å². The Morgan fingerprint density at radius 3 is 2.15 bits per heavy atom. The van der Waals surface area contributed by atoms with Crippen LogP contribution in [-0.2, 0) is 0 Å². The molecule has 0 fully saturated rings. The Morgan fingerprint density at radius 1 is 0.963 bits per heavy atom. The van der Waals surface area contributed by atoms with E-state index in [9.17, 15) is 9.90 Å². The molecule has 0 saturated heterocycles. The molecule has 3 aromatic rings. The van der Waals surface area contributed by atoms with Crippen molar-refractivity contribution in [2.45, 2.75) is 6.92 Å². The number of aromatic nitrogens is 2. The van der Waals surface area contributed by atoms with Crippen molar-refractivity contribution in [2.75, 3.05) is 14.2 Å². The molecule has 0 saturated carbocycles. The van der Waals surface area contributed by atoms with Crippen LogP contribution in [0.2, 0.25) is 0 Å². The molecule has 0 bridgehead atoms. The van der Waals surface area contributed by atoms with Crippen molar-refractivity contribution in [1.82, 2.24) is 9.97 Å². The minimum absolute atomic E-state index is 0.0201. The summed E-state index contributed by atoms with van der Waals surface area (Å²) in [5, 5.41) is 9.77. The predicted molar refractivity (Wildman–Crippen MR) is 98.8 cm³/mol. The zero-order valence-electron chi connectivity index (χ0n) is 15.1. The third-order valence-electron chi connectivity index (χ3n) is 3.88. The Kier molecular flexibility index (Phi) is 5.21. The van der Waals surface area contributed by atoms with E-state index in [2.05, 4.69) is 9.97 Å². The molecule has 1 N–H and O–H groups in total. The van der Waals surface area contributed by atoms with Gasteiger partial charge in [0.05, 0.1) is 20.3 Å². The molecule has 3 rings (SSSR count). The van der Waals surface area contributed by atoms with Gasteiger partial charge >= 0.3 is 12.0 Å². The van der Waals surface area contributed by atoms with E-state index in [1.807, 2.05) is 31.2 Å². The molecule has 1 heterocycles. The van der Waals surface area contributed by atoms with Crippen molar-refractivity contribution in [3.05, 3.63) is 59.7 Å². The van der Waals surface area contributed by atoms with Crippen LogP contribution in [-0.4, -0.2) is 35.3 Å². The van der Waals surface area contributed by atoms with Gasteiger partial charge in [-0.25, -0.2) is 4.79 Å². The lowest BCUT2D eigenvalue weighted by Gasteiger charge is -2.13. The van der Waals surface area contributed by atoms with Gasteiger partial charge in [-0.2, -0.15) is 9.97 Å². The third kappa shape index (κ3) is 3.98. The Labute approximate surface area is 156 Å². The lowest BCUT2D eigenvalue weighted by atomic mass is 9.98. The SMILES string of the molecule is COc1cc(OC)nc(Oc2cccc(-c3ccc(C)cc3)c2C(=O)O)n1. The standard InChI is InChI=1S/C20H18N2O5/c1-12-7-9-13(10-8-12)14-5-4-6-15(18(14)19(23)24)27-20-21-16(25-2)11-17(22-20)26-3/h4-11H,1-3H3,(H,23,24). The van der Waals surface area contributed by atoms with Gasteiger partial charge in [0.25, 0.3) is 0 Å². The smallest absolute Gasteiger partial charge is 0.340 e. The average Bonchev–Trinajstić information content (AvgIpc) is 2.67. The molecular weight excluding hydrogens is 348 g/mol. The number of aryl methyl sites for hydroxylation is 1. The summed E-state index contributed by atoms with van der Waals surface area (Å²) in [5.74, 6) is -0.515. The summed E-state index contributed by atoms with van der Waals surface area (Å²) in [7, 11) is 2.90. The molecule has 1 aromatic heterocycles. The van der Waals surface area contributed by atoms with Gasteiger partial charge in [-0.1, -0.05) is 42.0 Å². The lowest BCUT2D eigenvalue weighted by Crippen LogP contribution is -2.05. The predicted octanol–water partition coefficient (Wildman–Crippen LogP) is 3.96. The second-order valence-corrected chi connectivity index (χ2v) is 5.69. The number of hydrogen-bond donors (Lipinski definition) is 1. The van der Waals surface area contributed by atoms with E-state index in [0.29, 0.717) is 5.56 Å². The maximum atomic E-state index is 11.9. The molecular formula is C20H18N2O5. The summed E-state index contributed by atoms with van der Waals surface area (Å²) < 4.78 is 15.9. The summed E-state index contributed by atoms with van der Waals surface area (Å²) in [4.78, 5) is 20.1. The van der Waals surface area contributed by atoms with Gasteiger partial charge in [0.1, 0.15) is 11.3 Å². The number of carboxylic acid groups (broad SMARTS) is 1. The van der Waals surface area contributed by atoms with Crippen LogP contribution < -0.4 is 14.2 Å². The molecule has 0 atom stereocenters. The van der Waals surface area contributed by atoms with Gasteiger partial charge in [0, 0.05) is 0 Å². The Balaban J connectivity index is 2.07. The van der Waals surface area contributed by atoms with E-state index in [0.717, 1.165) is 11.1 Å². The van der Waals surface area contributed by atoms with Crippen LogP contribution in [0.1, 0.15) is 15.9 Å². The number of rotatable bonds is 6. The number of aromatic carboxylic acids is 1. The highest BCUT2D eigenvalue weighted by atomic mass is 16.5. The largest absolute Gasteiger partial charge is 0.481 e. The summed E-state index contributed by atoms with van der Waals surface area (Å²) in [6.45, 7) is 1.97. The maximum absolute atomic E-state index is 11.9. The van der Waals surface area contributed by atoms with Crippen molar-refractivity contribution in [3.63, 3.8) is 0 Å². The molecule has 0 aliphatic rings. The molecule has 0 spiro atoms. The molecule has 27 heavy (non-hydrogen) atoms. The summed E-state index contributed by atoms with van der Waals surface area (Å²) in [6.07, 6.45) is 0. The van der Waals surface area contributed by atoms with Crippen molar-refractivity contribution in [3.8, 4) is 34.6 Å². The molecule has 0 aliphatic heterocycles. The van der Waals surface area contributed by atoms with Gasteiger partial charge in [0.15, 0.2) is 0 Å². The Bertz CT molecular complexity index is 948. The van der Waals surface area contributed by atoms with Crippen LogP contribution in [0, 0.1) is 6.92 Å². The highest BCUT2D eigenvalue weighted by Crippen LogP contribution is 2.33. The number of carbonyl (C=O) groups is 1. The van der Waals surface area contributed by atoms with Crippen LogP contribution in [0.25, 0.3) is 11.1 Å². The lowest BCUT2D eigenvalue weighted by molar-refractivity contribution is 0.0695. The molecule has 2 aromatic carbocycles. The van der Waals surface area contributed by atoms with Gasteiger partial charge in [-0.05, 0) is 24.1 Å². The topological polar surface area (TPSA) is 90.8 Å². The molecule has 0 unspecified atom stereocenters. The first-order valence-corrected chi connectivity index (χ1v) is 8.10. The second-order valence-electron chi connectivity index (χ2n) is 5.69. The van der Waals surface area contributed by atoms with Crippen LogP contribution >= 0.6 is 0 Å². The van der Waals surface area contributed by atoms with E-state index in [1.165, 1.54) is 20.3 Å². The molecule has 7 nitrogen and oxygen atoms in total. The molecule has 138 valence electrons. The highest BCUT2D eigenvalue weighted by molar-refractivity contribution is 5.99. The summed E-state index contributed by atoms with van der Waals surface area (Å²) in [6, 6.07) is 14.0. The number of ether oxygens (including phenoxy) is 3. The zero-order valence-corrected chi connectivity index (χ0v) is 15.1. The van der Waals surface area contributed by atoms with Gasteiger partial charge < -0.3 is 19.3 Å². The molecule has 0 radical (unpaired) electrons. The van der Waals surface area contributed by atoms with Crippen molar-refractivity contribution < 1.29 is 24.1 Å². The van der Waals surface area contributed by atoms with E-state index in [-0.39, 0.29) is 29.1 Å². The van der Waals surface area contributed by atoms with Crippen molar-refractivity contribution in [1.29, 1.82) is 0 Å². The highest BCUT2D eigenvalue weighted by Gasteiger charge is 2.20. The normalized spacial score (nSPS) is 10.3. The molecule has 7 heteroatoms. The number of nitrogens with zero attached hydrogens (tertiary/aromatic N) is 2. The fraction of sp³-hybridized carbons (Fsp3) is 0.150.